The van der Waals surface area contributed by atoms with Crippen molar-refractivity contribution < 1.29 is 23.8 Å². The van der Waals surface area contributed by atoms with Crippen molar-refractivity contribution in [1.82, 2.24) is 10.7 Å². The van der Waals surface area contributed by atoms with Crippen LogP contribution in [0.15, 0.2) is 41.5 Å². The van der Waals surface area contributed by atoms with Crippen LogP contribution in [0.1, 0.15) is 11.1 Å². The van der Waals surface area contributed by atoms with Gasteiger partial charge in [-0.2, -0.15) is 5.10 Å². The minimum Gasteiger partial charge on any atom is -0.493 e. The predicted octanol–water partition coefficient (Wildman–Crippen LogP) is 2.79. The second kappa shape index (κ2) is 12.0. The summed E-state index contributed by atoms with van der Waals surface area (Å²) in [6.07, 6.45) is 1.38. The highest BCUT2D eigenvalue weighted by Crippen LogP contribution is 2.29. The molecule has 0 aliphatic carbocycles. The lowest BCUT2D eigenvalue weighted by molar-refractivity contribution is -0.139. The van der Waals surface area contributed by atoms with E-state index in [9.17, 15) is 9.59 Å². The molecule has 0 unspecified atom stereocenters. The highest BCUT2D eigenvalue weighted by atomic mass is 35.5. The van der Waals surface area contributed by atoms with Gasteiger partial charge in [-0.15, -0.1) is 0 Å². The van der Waals surface area contributed by atoms with Crippen LogP contribution >= 0.6 is 23.2 Å². The number of nitrogens with one attached hydrogen (secondary N) is 2. The Morgan fingerprint density at radius 3 is 2.57 bits per heavy atom. The number of halogens is 2. The number of amides is 2. The van der Waals surface area contributed by atoms with Crippen LogP contribution in [0.5, 0.6) is 11.5 Å². The van der Waals surface area contributed by atoms with Crippen LogP contribution in [0.25, 0.3) is 0 Å². The van der Waals surface area contributed by atoms with E-state index in [4.69, 9.17) is 37.4 Å². The lowest BCUT2D eigenvalue weighted by atomic mass is 10.2. The first kappa shape index (κ1) is 23.5. The Labute approximate surface area is 184 Å². The average Bonchev–Trinajstić information content (AvgIpc) is 2.73. The summed E-state index contributed by atoms with van der Waals surface area (Å²) in [4.78, 5) is 23.2. The number of hydrogen-bond acceptors (Lipinski definition) is 6. The van der Waals surface area contributed by atoms with E-state index in [1.54, 1.807) is 36.4 Å². The molecule has 0 aromatic heterocycles. The molecule has 0 atom stereocenters. The van der Waals surface area contributed by atoms with Crippen molar-refractivity contribution in [3.05, 3.63) is 57.6 Å². The lowest BCUT2D eigenvalue weighted by Gasteiger charge is -2.12. The highest BCUT2D eigenvalue weighted by Gasteiger charge is 2.11. The van der Waals surface area contributed by atoms with Gasteiger partial charge >= 0.3 is 11.8 Å². The molecule has 0 aliphatic heterocycles. The zero-order chi connectivity index (χ0) is 21.9. The molecule has 10 heteroatoms. The molecule has 160 valence electrons. The third-order valence-corrected chi connectivity index (χ3v) is 4.35. The van der Waals surface area contributed by atoms with Crippen molar-refractivity contribution in [2.24, 2.45) is 5.10 Å². The van der Waals surface area contributed by atoms with Crippen molar-refractivity contribution in [2.75, 3.05) is 27.4 Å². The largest absolute Gasteiger partial charge is 0.493 e. The fourth-order valence-corrected chi connectivity index (χ4v) is 2.70. The average molecular weight is 454 g/mol. The molecule has 0 bridgehead atoms. The molecule has 2 rings (SSSR count). The first-order valence-electron chi connectivity index (χ1n) is 8.79. The topological polar surface area (TPSA) is 98.2 Å². The van der Waals surface area contributed by atoms with E-state index in [2.05, 4.69) is 15.8 Å². The molecular weight excluding hydrogens is 433 g/mol. The molecule has 0 spiro atoms. The lowest BCUT2D eigenvalue weighted by Crippen LogP contribution is -2.39. The van der Waals surface area contributed by atoms with Crippen molar-refractivity contribution in [2.45, 2.75) is 6.61 Å². The summed E-state index contributed by atoms with van der Waals surface area (Å²) in [5, 5.41) is 7.21. The Morgan fingerprint density at radius 1 is 1.07 bits per heavy atom. The zero-order valence-corrected chi connectivity index (χ0v) is 17.9. The molecule has 0 heterocycles. The molecule has 30 heavy (non-hydrogen) atoms. The molecule has 2 N–H and O–H groups in total. The maximum absolute atomic E-state index is 11.6. The minimum absolute atomic E-state index is 0.229. The van der Waals surface area contributed by atoms with Gasteiger partial charge in [0, 0.05) is 29.3 Å². The Kier molecular flexibility index (Phi) is 9.40. The van der Waals surface area contributed by atoms with Gasteiger partial charge in [-0.05, 0) is 35.9 Å². The van der Waals surface area contributed by atoms with Crippen molar-refractivity contribution >= 4 is 41.2 Å². The summed E-state index contributed by atoms with van der Waals surface area (Å²) in [6, 6.07) is 10.2. The van der Waals surface area contributed by atoms with Crippen LogP contribution in [0, 0.1) is 0 Å². The van der Waals surface area contributed by atoms with E-state index in [1.165, 1.54) is 20.4 Å². The molecular formula is C20H21Cl2N3O5. The predicted molar refractivity (Wildman–Crippen MR) is 114 cm³/mol. The number of carbonyl (C=O) groups is 2. The van der Waals surface area contributed by atoms with Gasteiger partial charge in [-0.3, -0.25) is 9.59 Å². The summed E-state index contributed by atoms with van der Waals surface area (Å²) in [7, 11) is 3.00. The van der Waals surface area contributed by atoms with E-state index in [0.29, 0.717) is 33.7 Å². The van der Waals surface area contributed by atoms with Crippen molar-refractivity contribution in [3.63, 3.8) is 0 Å². The number of rotatable bonds is 9. The molecule has 2 aromatic rings. The quantitative estimate of drug-likeness (QED) is 0.263. The summed E-state index contributed by atoms with van der Waals surface area (Å²) in [5.41, 5.74) is 3.55. The van der Waals surface area contributed by atoms with E-state index in [0.717, 1.165) is 5.56 Å². The number of nitrogens with zero attached hydrogens (tertiary/aromatic N) is 1. The van der Waals surface area contributed by atoms with Crippen LogP contribution in [0.4, 0.5) is 0 Å². The fourth-order valence-electron chi connectivity index (χ4n) is 2.24. The van der Waals surface area contributed by atoms with Gasteiger partial charge in [0.2, 0.25) is 0 Å². The molecule has 2 amide bonds. The number of benzene rings is 2. The van der Waals surface area contributed by atoms with Gasteiger partial charge in [0.1, 0.15) is 6.61 Å². The molecule has 0 saturated heterocycles. The van der Waals surface area contributed by atoms with Crippen molar-refractivity contribution in [1.29, 1.82) is 0 Å². The monoisotopic (exact) mass is 453 g/mol. The number of ether oxygens (including phenoxy) is 3. The van der Waals surface area contributed by atoms with Crippen molar-refractivity contribution in [3.8, 4) is 11.5 Å². The first-order valence-corrected chi connectivity index (χ1v) is 9.55. The molecule has 2 aromatic carbocycles. The smallest absolute Gasteiger partial charge is 0.329 e. The zero-order valence-electron chi connectivity index (χ0n) is 16.4. The number of hydrogen-bond donors (Lipinski definition) is 2. The molecule has 0 fully saturated rings. The molecule has 0 saturated carbocycles. The summed E-state index contributed by atoms with van der Waals surface area (Å²) >= 11 is 12.0. The van der Waals surface area contributed by atoms with Gasteiger partial charge in [-0.25, -0.2) is 5.43 Å². The maximum atomic E-state index is 11.6. The van der Waals surface area contributed by atoms with Crippen LogP contribution in [0.3, 0.4) is 0 Å². The van der Waals surface area contributed by atoms with E-state index in [1.807, 2.05) is 0 Å². The summed E-state index contributed by atoms with van der Waals surface area (Å²) in [6.45, 7) is 0.765. The normalized spacial score (nSPS) is 10.7. The highest BCUT2D eigenvalue weighted by molar-refractivity contribution is 6.35. The Morgan fingerprint density at radius 2 is 1.87 bits per heavy atom. The SMILES string of the molecule is COCCNC(=O)C(=O)N/N=C\c1ccc(OCc2ccc(Cl)cc2Cl)c(OC)c1. The van der Waals surface area contributed by atoms with E-state index in [-0.39, 0.29) is 13.2 Å². The van der Waals surface area contributed by atoms with Gasteiger partial charge in [-0.1, -0.05) is 29.3 Å². The fraction of sp³-hybridized carbons (Fsp3) is 0.250. The van der Waals surface area contributed by atoms with Gasteiger partial charge < -0.3 is 19.5 Å². The standard InChI is InChI=1S/C20H21Cl2N3O5/c1-28-8-7-23-19(26)20(27)25-24-11-13-3-6-17(18(9-13)29-2)30-12-14-4-5-15(21)10-16(14)22/h3-6,9-11H,7-8,12H2,1-2H3,(H,23,26)(H,25,27)/b24-11-. The number of hydrazone groups is 1. The van der Waals surface area contributed by atoms with E-state index >= 15 is 0 Å². The van der Waals surface area contributed by atoms with Gasteiger partial charge in [0.05, 0.1) is 19.9 Å². The van der Waals surface area contributed by atoms with Gasteiger partial charge in [0.25, 0.3) is 0 Å². The maximum Gasteiger partial charge on any atom is 0.329 e. The van der Waals surface area contributed by atoms with Crippen LogP contribution in [-0.4, -0.2) is 45.4 Å². The molecule has 8 nitrogen and oxygen atoms in total. The third-order valence-electron chi connectivity index (χ3n) is 3.76. The van der Waals surface area contributed by atoms with E-state index < -0.39 is 11.8 Å². The van der Waals surface area contributed by atoms with Crippen LogP contribution in [-0.2, 0) is 20.9 Å². The Bertz CT molecular complexity index is 921. The Hall–Kier alpha value is -2.81. The third kappa shape index (κ3) is 7.22. The summed E-state index contributed by atoms with van der Waals surface area (Å²) < 4.78 is 15.9. The number of methoxy groups -OCH3 is 2. The minimum atomic E-state index is -0.880. The molecule has 0 aliphatic rings. The summed E-state index contributed by atoms with van der Waals surface area (Å²) in [5.74, 6) is -0.713. The molecule has 0 radical (unpaired) electrons. The Balaban J connectivity index is 1.95. The van der Waals surface area contributed by atoms with Crippen LogP contribution < -0.4 is 20.2 Å². The van der Waals surface area contributed by atoms with Crippen LogP contribution in [0.2, 0.25) is 10.0 Å². The first-order chi connectivity index (χ1) is 14.4. The second-order valence-electron chi connectivity index (χ2n) is 5.88. The van der Waals surface area contributed by atoms with Gasteiger partial charge in [0.15, 0.2) is 11.5 Å². The number of carbonyl (C=O) groups excluding carboxylic acids is 2. The second-order valence-corrected chi connectivity index (χ2v) is 6.73.